The van der Waals surface area contributed by atoms with Gasteiger partial charge >= 0.3 is 5.97 Å². The number of carbonyl (C=O) groups excluding carboxylic acids is 1. The lowest BCUT2D eigenvalue weighted by atomic mass is 10.1. The standard InChI is InChI=1S/C16H23NO3S2/c1-11-8-13(12(2)22-11)4-3-5-15(18)17-6-7-21-10-14(17)9-16(19)20/h8,14H,3-7,9-10H2,1-2H3,(H,19,20). The van der Waals surface area contributed by atoms with E-state index in [1.165, 1.54) is 15.3 Å². The molecule has 1 aromatic heterocycles. The zero-order valence-corrected chi connectivity index (χ0v) is 14.8. The topological polar surface area (TPSA) is 57.6 Å². The number of rotatable bonds is 6. The number of hydrogen-bond donors (Lipinski definition) is 1. The van der Waals surface area contributed by atoms with Crippen LogP contribution in [-0.4, -0.2) is 46.0 Å². The zero-order valence-electron chi connectivity index (χ0n) is 13.1. The molecule has 0 aliphatic carbocycles. The molecule has 1 aliphatic heterocycles. The van der Waals surface area contributed by atoms with Crippen LogP contribution in [0.25, 0.3) is 0 Å². The molecule has 1 amide bonds. The van der Waals surface area contributed by atoms with Crippen LogP contribution in [0.15, 0.2) is 6.07 Å². The monoisotopic (exact) mass is 341 g/mol. The van der Waals surface area contributed by atoms with Crippen LogP contribution >= 0.6 is 23.1 Å². The Morgan fingerprint density at radius 3 is 2.82 bits per heavy atom. The molecule has 1 atom stereocenters. The Bertz CT molecular complexity index is 541. The first-order valence-electron chi connectivity index (χ1n) is 7.62. The molecule has 1 N–H and O–H groups in total. The Balaban J connectivity index is 1.84. The molecule has 0 saturated carbocycles. The summed E-state index contributed by atoms with van der Waals surface area (Å²) in [5, 5.41) is 8.98. The van der Waals surface area contributed by atoms with Gasteiger partial charge in [-0.15, -0.1) is 11.3 Å². The molecule has 6 heteroatoms. The van der Waals surface area contributed by atoms with E-state index in [4.69, 9.17) is 5.11 Å². The summed E-state index contributed by atoms with van der Waals surface area (Å²) >= 11 is 3.54. The third-order valence-corrected chi connectivity index (χ3v) is 6.04. The number of thioether (sulfide) groups is 1. The van der Waals surface area contributed by atoms with Gasteiger partial charge in [0.05, 0.1) is 12.5 Å². The van der Waals surface area contributed by atoms with Gasteiger partial charge in [-0.25, -0.2) is 0 Å². The third kappa shape index (κ3) is 4.74. The SMILES string of the molecule is Cc1cc(CCCC(=O)N2CCSCC2CC(=O)O)c(C)s1. The third-order valence-electron chi connectivity index (χ3n) is 3.94. The fourth-order valence-corrected chi connectivity index (χ4v) is 4.90. The van der Waals surface area contributed by atoms with Crippen molar-refractivity contribution in [3.8, 4) is 0 Å². The van der Waals surface area contributed by atoms with Crippen LogP contribution in [0.1, 0.15) is 34.6 Å². The zero-order chi connectivity index (χ0) is 16.1. The number of hydrogen-bond acceptors (Lipinski definition) is 4. The summed E-state index contributed by atoms with van der Waals surface area (Å²) in [6.07, 6.45) is 2.32. The number of carboxylic acids is 1. The van der Waals surface area contributed by atoms with Crippen molar-refractivity contribution in [1.29, 1.82) is 0 Å². The first kappa shape index (κ1) is 17.3. The highest BCUT2D eigenvalue weighted by atomic mass is 32.2. The maximum Gasteiger partial charge on any atom is 0.305 e. The average molecular weight is 341 g/mol. The van der Waals surface area contributed by atoms with Gasteiger partial charge < -0.3 is 10.0 Å². The van der Waals surface area contributed by atoms with Gasteiger partial charge in [-0.3, -0.25) is 9.59 Å². The predicted octanol–water partition coefficient (Wildman–Crippen LogP) is 3.11. The maximum atomic E-state index is 12.4. The lowest BCUT2D eigenvalue weighted by Gasteiger charge is -2.34. The van der Waals surface area contributed by atoms with Gasteiger partial charge in [0.2, 0.25) is 5.91 Å². The first-order valence-corrected chi connectivity index (χ1v) is 9.59. The molecule has 1 saturated heterocycles. The van der Waals surface area contributed by atoms with Gasteiger partial charge in [0, 0.05) is 34.2 Å². The van der Waals surface area contributed by atoms with E-state index < -0.39 is 5.97 Å². The van der Waals surface area contributed by atoms with Crippen molar-refractivity contribution in [2.24, 2.45) is 0 Å². The number of aliphatic carboxylic acids is 1. The van der Waals surface area contributed by atoms with Crippen LogP contribution in [0.3, 0.4) is 0 Å². The van der Waals surface area contributed by atoms with E-state index in [9.17, 15) is 9.59 Å². The maximum absolute atomic E-state index is 12.4. The van der Waals surface area contributed by atoms with E-state index in [0.29, 0.717) is 13.0 Å². The molecule has 122 valence electrons. The number of carbonyl (C=O) groups is 2. The summed E-state index contributed by atoms with van der Waals surface area (Å²) in [6.45, 7) is 4.91. The van der Waals surface area contributed by atoms with Crippen molar-refractivity contribution in [1.82, 2.24) is 4.90 Å². The number of aryl methyl sites for hydroxylation is 3. The largest absolute Gasteiger partial charge is 0.481 e. The average Bonchev–Trinajstić information content (AvgIpc) is 2.77. The molecule has 1 aliphatic rings. The second-order valence-corrected chi connectivity index (χ2v) is 8.32. The van der Waals surface area contributed by atoms with Gasteiger partial charge in [-0.2, -0.15) is 11.8 Å². The Morgan fingerprint density at radius 1 is 1.41 bits per heavy atom. The van der Waals surface area contributed by atoms with E-state index in [2.05, 4.69) is 19.9 Å². The normalized spacial score (nSPS) is 18.5. The summed E-state index contributed by atoms with van der Waals surface area (Å²) in [4.78, 5) is 27.8. The number of carboxylic acid groups (broad SMARTS) is 1. The highest BCUT2D eigenvalue weighted by molar-refractivity contribution is 7.99. The fourth-order valence-electron chi connectivity index (χ4n) is 2.86. The van der Waals surface area contributed by atoms with Crippen LogP contribution in [-0.2, 0) is 16.0 Å². The second-order valence-electron chi connectivity index (χ2n) is 5.71. The molecular formula is C16H23NO3S2. The van der Waals surface area contributed by atoms with Crippen molar-refractivity contribution >= 4 is 35.0 Å². The predicted molar refractivity (Wildman–Crippen MR) is 91.8 cm³/mol. The van der Waals surface area contributed by atoms with E-state index in [-0.39, 0.29) is 18.4 Å². The lowest BCUT2D eigenvalue weighted by Crippen LogP contribution is -2.47. The van der Waals surface area contributed by atoms with Gasteiger partial charge in [0.15, 0.2) is 0 Å². The molecule has 0 radical (unpaired) electrons. The molecule has 4 nitrogen and oxygen atoms in total. The van der Waals surface area contributed by atoms with Gasteiger partial charge in [0.25, 0.3) is 0 Å². The van der Waals surface area contributed by atoms with Gasteiger partial charge in [-0.1, -0.05) is 0 Å². The first-order chi connectivity index (χ1) is 10.5. The molecule has 1 aromatic rings. The van der Waals surface area contributed by atoms with Crippen molar-refractivity contribution < 1.29 is 14.7 Å². The van der Waals surface area contributed by atoms with E-state index in [1.54, 1.807) is 28.0 Å². The molecule has 2 heterocycles. The van der Waals surface area contributed by atoms with Crippen LogP contribution in [0, 0.1) is 13.8 Å². The van der Waals surface area contributed by atoms with Gasteiger partial charge in [0.1, 0.15) is 0 Å². The number of nitrogens with zero attached hydrogens (tertiary/aromatic N) is 1. The minimum absolute atomic E-state index is 0.0571. The van der Waals surface area contributed by atoms with Crippen molar-refractivity contribution in [3.63, 3.8) is 0 Å². The van der Waals surface area contributed by atoms with Crippen molar-refractivity contribution in [2.45, 2.75) is 45.6 Å². The Hall–Kier alpha value is -1.01. The summed E-state index contributed by atoms with van der Waals surface area (Å²) < 4.78 is 0. The fraction of sp³-hybridized carbons (Fsp3) is 0.625. The summed E-state index contributed by atoms with van der Waals surface area (Å²) in [6, 6.07) is 2.06. The molecule has 0 aromatic carbocycles. The smallest absolute Gasteiger partial charge is 0.305 e. The van der Waals surface area contributed by atoms with E-state index >= 15 is 0 Å². The minimum Gasteiger partial charge on any atom is -0.481 e. The van der Waals surface area contributed by atoms with Gasteiger partial charge in [-0.05, 0) is 38.3 Å². The molecule has 0 spiro atoms. The van der Waals surface area contributed by atoms with E-state index in [1.807, 2.05) is 0 Å². The lowest BCUT2D eigenvalue weighted by molar-refractivity contribution is -0.140. The molecule has 22 heavy (non-hydrogen) atoms. The number of amides is 1. The molecule has 0 bridgehead atoms. The van der Waals surface area contributed by atoms with Crippen LogP contribution in [0.2, 0.25) is 0 Å². The summed E-state index contributed by atoms with van der Waals surface area (Å²) in [7, 11) is 0. The van der Waals surface area contributed by atoms with Crippen LogP contribution < -0.4 is 0 Å². The van der Waals surface area contributed by atoms with Crippen LogP contribution in [0.5, 0.6) is 0 Å². The quantitative estimate of drug-likeness (QED) is 0.864. The van der Waals surface area contributed by atoms with Crippen molar-refractivity contribution in [2.75, 3.05) is 18.1 Å². The Morgan fingerprint density at radius 2 is 2.18 bits per heavy atom. The molecule has 1 fully saturated rings. The highest BCUT2D eigenvalue weighted by Crippen LogP contribution is 2.23. The molecule has 2 rings (SSSR count). The molecule has 1 unspecified atom stereocenters. The minimum atomic E-state index is -0.824. The highest BCUT2D eigenvalue weighted by Gasteiger charge is 2.28. The van der Waals surface area contributed by atoms with Crippen LogP contribution in [0.4, 0.5) is 0 Å². The Labute approximate surface area is 139 Å². The second kappa shape index (κ2) is 8.02. The number of thiophene rings is 1. The van der Waals surface area contributed by atoms with E-state index in [0.717, 1.165) is 24.3 Å². The summed E-state index contributed by atoms with van der Waals surface area (Å²) in [5.41, 5.74) is 1.34. The van der Waals surface area contributed by atoms with Crippen molar-refractivity contribution in [3.05, 3.63) is 21.4 Å². The summed E-state index contributed by atoms with van der Waals surface area (Å²) in [5.74, 6) is 0.928. The molecular weight excluding hydrogens is 318 g/mol. The Kier molecular flexibility index (Phi) is 6.32.